The second-order valence-corrected chi connectivity index (χ2v) is 5.76. The van der Waals surface area contributed by atoms with Crippen molar-refractivity contribution in [2.24, 2.45) is 0 Å². The Morgan fingerprint density at radius 2 is 2.11 bits per heavy atom. The fourth-order valence-electron chi connectivity index (χ4n) is 2.76. The lowest BCUT2D eigenvalue weighted by Gasteiger charge is -2.38. The van der Waals surface area contributed by atoms with Crippen molar-refractivity contribution in [3.63, 3.8) is 0 Å². The van der Waals surface area contributed by atoms with Crippen molar-refractivity contribution < 1.29 is 4.42 Å². The zero-order chi connectivity index (χ0) is 13.2. The van der Waals surface area contributed by atoms with E-state index in [4.69, 9.17) is 16.0 Å². The van der Waals surface area contributed by atoms with Crippen molar-refractivity contribution in [2.45, 2.75) is 37.8 Å². The Hall–Kier alpha value is -1.25. The van der Waals surface area contributed by atoms with Crippen molar-refractivity contribution in [1.82, 2.24) is 5.32 Å². The lowest BCUT2D eigenvalue weighted by molar-refractivity contribution is 0.258. The first kappa shape index (κ1) is 12.8. The summed E-state index contributed by atoms with van der Waals surface area (Å²) in [7, 11) is 0. The van der Waals surface area contributed by atoms with E-state index in [2.05, 4.69) is 24.4 Å². The van der Waals surface area contributed by atoms with Gasteiger partial charge in [0.15, 0.2) is 0 Å². The molecule has 1 aromatic heterocycles. The first-order valence-electron chi connectivity index (χ1n) is 6.77. The van der Waals surface area contributed by atoms with E-state index in [1.54, 1.807) is 6.26 Å². The summed E-state index contributed by atoms with van der Waals surface area (Å²) in [5.74, 6) is 1.64. The Bertz CT molecular complexity index is 531. The van der Waals surface area contributed by atoms with E-state index in [-0.39, 0.29) is 6.04 Å². The van der Waals surface area contributed by atoms with Gasteiger partial charge in [0, 0.05) is 11.1 Å². The summed E-state index contributed by atoms with van der Waals surface area (Å²) in [5, 5.41) is 4.44. The van der Waals surface area contributed by atoms with Gasteiger partial charge in [0.2, 0.25) is 0 Å². The molecule has 2 aromatic rings. The SMILES string of the molecule is C[C@@H](NC1CC(c2cccc(Cl)c2)C1)c1ccco1. The first-order valence-corrected chi connectivity index (χ1v) is 7.15. The van der Waals surface area contributed by atoms with Crippen molar-refractivity contribution in [3.05, 3.63) is 59.0 Å². The number of benzene rings is 1. The maximum atomic E-state index is 6.03. The predicted octanol–water partition coefficient (Wildman–Crippen LogP) is 4.53. The molecule has 0 unspecified atom stereocenters. The maximum Gasteiger partial charge on any atom is 0.120 e. The molecule has 1 fully saturated rings. The first-order chi connectivity index (χ1) is 9.22. The summed E-state index contributed by atoms with van der Waals surface area (Å²) >= 11 is 6.03. The third-order valence-electron chi connectivity index (χ3n) is 3.91. The molecule has 1 atom stereocenters. The summed E-state index contributed by atoms with van der Waals surface area (Å²) in [5.41, 5.74) is 1.36. The van der Waals surface area contributed by atoms with Crippen molar-refractivity contribution in [2.75, 3.05) is 0 Å². The third-order valence-corrected chi connectivity index (χ3v) is 4.15. The lowest BCUT2D eigenvalue weighted by Crippen LogP contribution is -2.41. The molecule has 3 heteroatoms. The van der Waals surface area contributed by atoms with Crippen molar-refractivity contribution >= 4 is 11.6 Å². The fraction of sp³-hybridized carbons (Fsp3) is 0.375. The molecule has 1 saturated carbocycles. The summed E-state index contributed by atoms with van der Waals surface area (Å²) in [6.45, 7) is 2.14. The maximum absolute atomic E-state index is 6.03. The molecular formula is C16H18ClNO. The minimum atomic E-state index is 0.278. The van der Waals surface area contributed by atoms with Crippen LogP contribution in [0.4, 0.5) is 0 Å². The number of hydrogen-bond donors (Lipinski definition) is 1. The lowest BCUT2D eigenvalue weighted by atomic mass is 9.75. The summed E-state index contributed by atoms with van der Waals surface area (Å²) in [4.78, 5) is 0. The van der Waals surface area contributed by atoms with Crippen LogP contribution in [0.25, 0.3) is 0 Å². The largest absolute Gasteiger partial charge is 0.468 e. The monoisotopic (exact) mass is 275 g/mol. The summed E-state index contributed by atoms with van der Waals surface area (Å²) in [6.07, 6.45) is 4.07. The van der Waals surface area contributed by atoms with Gasteiger partial charge in [-0.2, -0.15) is 0 Å². The van der Waals surface area contributed by atoms with Crippen LogP contribution in [0.3, 0.4) is 0 Å². The Morgan fingerprint density at radius 3 is 2.79 bits per heavy atom. The molecule has 0 amide bonds. The highest BCUT2D eigenvalue weighted by Gasteiger charge is 2.31. The van der Waals surface area contributed by atoms with Crippen LogP contribution in [0.5, 0.6) is 0 Å². The van der Waals surface area contributed by atoms with Gasteiger partial charge in [0.25, 0.3) is 0 Å². The second kappa shape index (κ2) is 5.40. The highest BCUT2D eigenvalue weighted by atomic mass is 35.5. The van der Waals surface area contributed by atoms with Crippen LogP contribution < -0.4 is 5.32 Å². The number of rotatable bonds is 4. The molecule has 1 aliphatic rings. The van der Waals surface area contributed by atoms with Crippen LogP contribution in [-0.2, 0) is 0 Å². The molecule has 1 aromatic carbocycles. The van der Waals surface area contributed by atoms with Gasteiger partial charge in [-0.05, 0) is 55.5 Å². The highest BCUT2D eigenvalue weighted by molar-refractivity contribution is 6.30. The van der Waals surface area contributed by atoms with Gasteiger partial charge in [-0.3, -0.25) is 0 Å². The van der Waals surface area contributed by atoms with E-state index in [0.29, 0.717) is 12.0 Å². The average molecular weight is 276 g/mol. The van der Waals surface area contributed by atoms with E-state index in [1.165, 1.54) is 18.4 Å². The molecule has 0 bridgehead atoms. The molecule has 1 aliphatic carbocycles. The molecule has 1 N–H and O–H groups in total. The van der Waals surface area contributed by atoms with Crippen LogP contribution in [0.1, 0.15) is 43.0 Å². The average Bonchev–Trinajstić information content (AvgIpc) is 2.86. The molecule has 0 aliphatic heterocycles. The topological polar surface area (TPSA) is 25.2 Å². The van der Waals surface area contributed by atoms with Gasteiger partial charge in [-0.1, -0.05) is 23.7 Å². The molecule has 0 radical (unpaired) electrons. The zero-order valence-electron chi connectivity index (χ0n) is 11.0. The number of nitrogens with one attached hydrogen (secondary N) is 1. The van der Waals surface area contributed by atoms with Crippen LogP contribution in [0.15, 0.2) is 47.1 Å². The minimum absolute atomic E-state index is 0.278. The Balaban J connectivity index is 1.53. The van der Waals surface area contributed by atoms with Gasteiger partial charge < -0.3 is 9.73 Å². The quantitative estimate of drug-likeness (QED) is 0.887. The molecule has 0 spiro atoms. The molecule has 2 nitrogen and oxygen atoms in total. The van der Waals surface area contributed by atoms with Crippen LogP contribution in [0, 0.1) is 0 Å². The van der Waals surface area contributed by atoms with E-state index in [1.807, 2.05) is 24.3 Å². The van der Waals surface area contributed by atoms with Crippen molar-refractivity contribution in [3.8, 4) is 0 Å². The van der Waals surface area contributed by atoms with Gasteiger partial charge in [0.1, 0.15) is 5.76 Å². The smallest absolute Gasteiger partial charge is 0.120 e. The van der Waals surface area contributed by atoms with Crippen LogP contribution in [0.2, 0.25) is 5.02 Å². The van der Waals surface area contributed by atoms with Gasteiger partial charge in [0.05, 0.1) is 12.3 Å². The number of hydrogen-bond acceptors (Lipinski definition) is 2. The highest BCUT2D eigenvalue weighted by Crippen LogP contribution is 2.38. The van der Waals surface area contributed by atoms with Gasteiger partial charge in [-0.25, -0.2) is 0 Å². The molecule has 100 valence electrons. The fourth-order valence-corrected chi connectivity index (χ4v) is 2.96. The number of furan rings is 1. The van der Waals surface area contributed by atoms with E-state index in [0.717, 1.165) is 10.8 Å². The van der Waals surface area contributed by atoms with Crippen molar-refractivity contribution in [1.29, 1.82) is 0 Å². The predicted molar refractivity (Wildman–Crippen MR) is 77.5 cm³/mol. The van der Waals surface area contributed by atoms with E-state index < -0.39 is 0 Å². The zero-order valence-corrected chi connectivity index (χ0v) is 11.7. The Labute approximate surface area is 118 Å². The van der Waals surface area contributed by atoms with Crippen LogP contribution in [-0.4, -0.2) is 6.04 Å². The molecule has 3 rings (SSSR count). The van der Waals surface area contributed by atoms with Gasteiger partial charge >= 0.3 is 0 Å². The van der Waals surface area contributed by atoms with Crippen LogP contribution >= 0.6 is 11.6 Å². The van der Waals surface area contributed by atoms with Gasteiger partial charge in [-0.15, -0.1) is 0 Å². The minimum Gasteiger partial charge on any atom is -0.468 e. The molecule has 0 saturated heterocycles. The Kier molecular flexibility index (Phi) is 3.63. The molecular weight excluding hydrogens is 258 g/mol. The second-order valence-electron chi connectivity index (χ2n) is 5.32. The Morgan fingerprint density at radius 1 is 1.26 bits per heavy atom. The third kappa shape index (κ3) is 2.85. The standard InChI is InChI=1S/C16H18ClNO/c1-11(16-6-3-7-19-16)18-15-9-13(10-15)12-4-2-5-14(17)8-12/h2-8,11,13,15,18H,9-10H2,1H3/t11-,13?,15?/m1/s1. The summed E-state index contributed by atoms with van der Waals surface area (Å²) < 4.78 is 5.41. The number of halogens is 1. The van der Waals surface area contributed by atoms with E-state index >= 15 is 0 Å². The molecule has 19 heavy (non-hydrogen) atoms. The summed E-state index contributed by atoms with van der Waals surface area (Å²) in [6, 6.07) is 13.0. The normalized spacial score (nSPS) is 23.9. The molecule has 1 heterocycles. The van der Waals surface area contributed by atoms with E-state index in [9.17, 15) is 0 Å².